The molecule has 1 fully saturated rings. The predicted octanol–water partition coefficient (Wildman–Crippen LogP) is 0.943. The first-order chi connectivity index (χ1) is 13.5. The Kier molecular flexibility index (Phi) is 5.69. The minimum atomic E-state index is -1.09. The second-order valence-electron chi connectivity index (χ2n) is 6.28. The van der Waals surface area contributed by atoms with Crippen molar-refractivity contribution >= 4 is 28.7 Å². The van der Waals surface area contributed by atoms with Gasteiger partial charge in [-0.3, -0.25) is 14.6 Å². The molecule has 0 radical (unpaired) electrons. The average Bonchev–Trinajstić information content (AvgIpc) is 3.18. The molecule has 0 bridgehead atoms. The van der Waals surface area contributed by atoms with Gasteiger partial charge in [-0.2, -0.15) is 5.26 Å². The van der Waals surface area contributed by atoms with Crippen LogP contribution in [-0.2, 0) is 9.59 Å². The molecule has 144 valence electrons. The molecule has 2 heterocycles. The first-order valence-electron chi connectivity index (χ1n) is 8.70. The van der Waals surface area contributed by atoms with Crippen LogP contribution in [0.2, 0.25) is 0 Å². The lowest BCUT2D eigenvalue weighted by Gasteiger charge is -2.19. The Bertz CT molecular complexity index is 968. The van der Waals surface area contributed by atoms with Crippen LogP contribution < -0.4 is 10.1 Å². The number of carbonyl (C=O) groups excluding carboxylic acids is 2. The van der Waals surface area contributed by atoms with Crippen LogP contribution in [-0.4, -0.2) is 58.5 Å². The van der Waals surface area contributed by atoms with Gasteiger partial charge >= 0.3 is 5.97 Å². The van der Waals surface area contributed by atoms with Crippen LogP contribution in [0.15, 0.2) is 30.5 Å². The van der Waals surface area contributed by atoms with Crippen molar-refractivity contribution in [3.63, 3.8) is 0 Å². The Morgan fingerprint density at radius 3 is 2.93 bits per heavy atom. The van der Waals surface area contributed by atoms with Crippen LogP contribution in [0.1, 0.15) is 23.2 Å². The van der Waals surface area contributed by atoms with Gasteiger partial charge in [0.1, 0.15) is 11.8 Å². The molecule has 1 aliphatic heterocycles. The van der Waals surface area contributed by atoms with E-state index in [9.17, 15) is 14.4 Å². The fraction of sp³-hybridized carbons (Fsp3) is 0.316. The Hall–Kier alpha value is -3.67. The van der Waals surface area contributed by atoms with Crippen molar-refractivity contribution in [3.8, 4) is 11.8 Å². The molecule has 1 atom stereocenters. The molecule has 0 spiro atoms. The van der Waals surface area contributed by atoms with Gasteiger partial charge < -0.3 is 20.1 Å². The van der Waals surface area contributed by atoms with Crippen molar-refractivity contribution in [2.45, 2.75) is 18.9 Å². The van der Waals surface area contributed by atoms with E-state index in [-0.39, 0.29) is 12.5 Å². The molecular formula is C19H18N4O5. The number of nitrogens with zero attached hydrogens (tertiary/aromatic N) is 3. The number of ether oxygens (including phenoxy) is 1. The van der Waals surface area contributed by atoms with Crippen LogP contribution >= 0.6 is 0 Å². The van der Waals surface area contributed by atoms with Crippen molar-refractivity contribution in [2.75, 3.05) is 19.7 Å². The Labute approximate surface area is 160 Å². The normalized spacial score (nSPS) is 15.8. The molecule has 0 saturated carbocycles. The molecular weight excluding hydrogens is 364 g/mol. The van der Waals surface area contributed by atoms with E-state index in [2.05, 4.69) is 16.4 Å². The molecule has 1 saturated heterocycles. The van der Waals surface area contributed by atoms with E-state index in [0.717, 1.165) is 6.42 Å². The van der Waals surface area contributed by atoms with Crippen molar-refractivity contribution in [3.05, 3.63) is 36.0 Å². The fourth-order valence-corrected chi connectivity index (χ4v) is 3.11. The second kappa shape index (κ2) is 8.35. The van der Waals surface area contributed by atoms with Gasteiger partial charge in [-0.05, 0) is 31.0 Å². The largest absolute Gasteiger partial charge is 0.482 e. The number of fused-ring (bicyclic) bond motifs is 1. The standard InChI is InChI=1S/C19H18N4O5/c20-9-12-2-1-7-23(12)17(24)10-22-19(27)15-5-6-21-16-8-13(3-4-14(15)16)28-11-18(25)26/h3-6,8,12H,1-2,7,10-11H2,(H,22,27)(H,25,26)/t12-/m0/s1. The van der Waals surface area contributed by atoms with Gasteiger partial charge in [-0.25, -0.2) is 4.79 Å². The number of aromatic nitrogens is 1. The summed E-state index contributed by atoms with van der Waals surface area (Å²) in [4.78, 5) is 41.1. The van der Waals surface area contributed by atoms with Crippen LogP contribution in [0.25, 0.3) is 10.9 Å². The third kappa shape index (κ3) is 4.17. The average molecular weight is 382 g/mol. The number of aliphatic carboxylic acids is 1. The van der Waals surface area contributed by atoms with E-state index in [1.807, 2.05) is 0 Å². The molecule has 9 heteroatoms. The van der Waals surface area contributed by atoms with Gasteiger partial charge in [0.15, 0.2) is 6.61 Å². The summed E-state index contributed by atoms with van der Waals surface area (Å²) < 4.78 is 5.12. The molecule has 3 rings (SSSR count). The molecule has 2 aromatic rings. The summed E-state index contributed by atoms with van der Waals surface area (Å²) in [7, 11) is 0. The quantitative estimate of drug-likeness (QED) is 0.760. The maximum absolute atomic E-state index is 12.5. The summed E-state index contributed by atoms with van der Waals surface area (Å²) in [5.41, 5.74) is 0.798. The monoisotopic (exact) mass is 382 g/mol. The molecule has 2 N–H and O–H groups in total. The maximum Gasteiger partial charge on any atom is 0.341 e. The van der Waals surface area contributed by atoms with Crippen molar-refractivity contribution in [1.82, 2.24) is 15.2 Å². The summed E-state index contributed by atoms with van der Waals surface area (Å²) in [5, 5.41) is 20.9. The first kappa shape index (κ1) is 19.1. The van der Waals surface area contributed by atoms with Gasteiger partial charge in [-0.15, -0.1) is 0 Å². The Morgan fingerprint density at radius 2 is 2.18 bits per heavy atom. The molecule has 2 amide bonds. The molecule has 0 unspecified atom stereocenters. The molecule has 1 aromatic carbocycles. The summed E-state index contributed by atoms with van der Waals surface area (Å²) in [6, 6.07) is 7.91. The van der Waals surface area contributed by atoms with Crippen molar-refractivity contribution in [1.29, 1.82) is 5.26 Å². The summed E-state index contributed by atoms with van der Waals surface area (Å²) in [6.45, 7) is -0.154. The number of hydrogen-bond acceptors (Lipinski definition) is 6. The molecule has 1 aliphatic rings. The highest BCUT2D eigenvalue weighted by Crippen LogP contribution is 2.22. The number of amides is 2. The topological polar surface area (TPSA) is 133 Å². The third-order valence-corrected chi connectivity index (χ3v) is 4.44. The summed E-state index contributed by atoms with van der Waals surface area (Å²) in [5.74, 6) is -1.50. The van der Waals surface area contributed by atoms with Gasteiger partial charge in [0.25, 0.3) is 5.91 Å². The van der Waals surface area contributed by atoms with Crippen molar-refractivity contribution in [2.24, 2.45) is 0 Å². The van der Waals surface area contributed by atoms with Crippen LogP contribution in [0.3, 0.4) is 0 Å². The molecule has 28 heavy (non-hydrogen) atoms. The number of carboxylic acid groups (broad SMARTS) is 1. The van der Waals surface area contributed by atoms with Crippen molar-refractivity contribution < 1.29 is 24.2 Å². The minimum Gasteiger partial charge on any atom is -0.482 e. The van der Waals surface area contributed by atoms with E-state index < -0.39 is 24.5 Å². The number of likely N-dealkylation sites (tertiary alicyclic amines) is 1. The number of carbonyl (C=O) groups is 3. The van der Waals surface area contributed by atoms with Crippen LogP contribution in [0.4, 0.5) is 0 Å². The lowest BCUT2D eigenvalue weighted by Crippen LogP contribution is -2.42. The highest BCUT2D eigenvalue weighted by molar-refractivity contribution is 6.07. The SMILES string of the molecule is N#C[C@@H]1CCCN1C(=O)CNC(=O)c1ccnc2cc(OCC(=O)O)ccc12. The lowest BCUT2D eigenvalue weighted by atomic mass is 10.1. The number of benzene rings is 1. The predicted molar refractivity (Wildman–Crippen MR) is 97.6 cm³/mol. The van der Waals surface area contributed by atoms with Crippen LogP contribution in [0, 0.1) is 11.3 Å². The van der Waals surface area contributed by atoms with E-state index in [1.54, 1.807) is 18.2 Å². The zero-order valence-corrected chi connectivity index (χ0v) is 14.9. The van der Waals surface area contributed by atoms with Crippen LogP contribution in [0.5, 0.6) is 5.75 Å². The van der Waals surface area contributed by atoms with E-state index in [1.165, 1.54) is 17.2 Å². The molecule has 0 aliphatic carbocycles. The number of pyridine rings is 1. The number of hydrogen-bond donors (Lipinski definition) is 2. The number of nitriles is 1. The fourth-order valence-electron chi connectivity index (χ4n) is 3.11. The summed E-state index contributed by atoms with van der Waals surface area (Å²) >= 11 is 0. The number of carboxylic acids is 1. The zero-order chi connectivity index (χ0) is 20.1. The minimum absolute atomic E-state index is 0.194. The summed E-state index contributed by atoms with van der Waals surface area (Å²) in [6.07, 6.45) is 2.88. The van der Waals surface area contributed by atoms with E-state index >= 15 is 0 Å². The lowest BCUT2D eigenvalue weighted by molar-refractivity contribution is -0.139. The molecule has 1 aromatic heterocycles. The van der Waals surface area contributed by atoms with Gasteiger partial charge in [0.2, 0.25) is 5.91 Å². The highest BCUT2D eigenvalue weighted by atomic mass is 16.5. The van der Waals surface area contributed by atoms with E-state index in [0.29, 0.717) is 35.2 Å². The first-order valence-corrected chi connectivity index (χ1v) is 8.70. The third-order valence-electron chi connectivity index (χ3n) is 4.44. The molecule has 9 nitrogen and oxygen atoms in total. The number of rotatable bonds is 6. The van der Waals surface area contributed by atoms with Gasteiger partial charge in [0, 0.05) is 24.2 Å². The zero-order valence-electron chi connectivity index (χ0n) is 14.9. The Morgan fingerprint density at radius 1 is 1.36 bits per heavy atom. The maximum atomic E-state index is 12.5. The van der Waals surface area contributed by atoms with E-state index in [4.69, 9.17) is 15.1 Å². The second-order valence-corrected chi connectivity index (χ2v) is 6.28. The highest BCUT2D eigenvalue weighted by Gasteiger charge is 2.28. The van der Waals surface area contributed by atoms with Gasteiger partial charge in [0.05, 0.1) is 23.7 Å². The number of nitrogens with one attached hydrogen (secondary N) is 1. The van der Waals surface area contributed by atoms with Gasteiger partial charge in [-0.1, -0.05) is 0 Å². The Balaban J connectivity index is 1.70. The smallest absolute Gasteiger partial charge is 0.341 e.